The summed E-state index contributed by atoms with van der Waals surface area (Å²) in [6, 6.07) is 7.08. The number of hydrogen-bond donors (Lipinski definition) is 3. The van der Waals surface area contributed by atoms with Crippen LogP contribution in [-0.2, 0) is 18.4 Å². The molecule has 3 aromatic rings. The molecular weight excluding hydrogens is 362 g/mol. The Bertz CT molecular complexity index is 969. The number of hydrogen-bond acceptors (Lipinski definition) is 9. The second-order valence-corrected chi connectivity index (χ2v) is 6.31. The number of anilines is 2. The summed E-state index contributed by atoms with van der Waals surface area (Å²) in [6.07, 6.45) is 0.729. The van der Waals surface area contributed by atoms with Gasteiger partial charge in [0.2, 0.25) is 5.95 Å². The lowest BCUT2D eigenvalue weighted by Crippen LogP contribution is -2.24. The molecule has 3 rings (SSSR count). The van der Waals surface area contributed by atoms with Crippen LogP contribution in [0.4, 0.5) is 11.8 Å². The normalized spacial score (nSPS) is 12.0. The van der Waals surface area contributed by atoms with Gasteiger partial charge in [-0.3, -0.25) is 4.79 Å². The number of carbonyl (C=O) groups is 1. The molecule has 0 aliphatic rings. The smallest absolute Gasteiger partial charge is 0.308 e. The van der Waals surface area contributed by atoms with Gasteiger partial charge in [-0.1, -0.05) is 24.3 Å². The summed E-state index contributed by atoms with van der Waals surface area (Å²) in [5, 5.41) is 23.9. The van der Waals surface area contributed by atoms with E-state index in [2.05, 4.69) is 30.9 Å². The van der Waals surface area contributed by atoms with Gasteiger partial charge in [-0.2, -0.15) is 9.97 Å². The van der Waals surface area contributed by atoms with E-state index in [1.54, 1.807) is 23.9 Å². The van der Waals surface area contributed by atoms with Gasteiger partial charge in [0, 0.05) is 20.5 Å². The Morgan fingerprint density at radius 3 is 2.89 bits per heavy atom. The highest BCUT2D eigenvalue weighted by Crippen LogP contribution is 2.21. The summed E-state index contributed by atoms with van der Waals surface area (Å²) in [6.45, 7) is 3.75. The van der Waals surface area contributed by atoms with Gasteiger partial charge in [-0.15, -0.1) is 5.10 Å². The standard InChI is InChI=1S/C18H23N7O3/c1-4-13(10-26)20-18-21-16(15-17(22-18)25(3)24-23-15)19-9-12-6-5-7-14(8-12)28-11(2)27/h5-8,13,26H,4,9-10H2,1-3H3,(H2,19,20,21,22). The molecule has 28 heavy (non-hydrogen) atoms. The number of nitrogens with one attached hydrogen (secondary N) is 2. The van der Waals surface area contributed by atoms with Crippen molar-refractivity contribution in [2.45, 2.75) is 32.9 Å². The van der Waals surface area contributed by atoms with Crippen molar-refractivity contribution in [3.8, 4) is 5.75 Å². The van der Waals surface area contributed by atoms with Crippen LogP contribution in [0.2, 0.25) is 0 Å². The third-order valence-electron chi connectivity index (χ3n) is 4.12. The average Bonchev–Trinajstić information content (AvgIpc) is 3.05. The molecule has 148 valence electrons. The summed E-state index contributed by atoms with van der Waals surface area (Å²) in [4.78, 5) is 20.1. The van der Waals surface area contributed by atoms with E-state index < -0.39 is 0 Å². The highest BCUT2D eigenvalue weighted by molar-refractivity contribution is 5.83. The van der Waals surface area contributed by atoms with E-state index in [0.29, 0.717) is 35.2 Å². The van der Waals surface area contributed by atoms with Crippen LogP contribution in [0, 0.1) is 0 Å². The third kappa shape index (κ3) is 4.52. The molecule has 0 aliphatic heterocycles. The average molecular weight is 385 g/mol. The highest BCUT2D eigenvalue weighted by atomic mass is 16.5. The molecule has 2 aromatic heterocycles. The van der Waals surface area contributed by atoms with Gasteiger partial charge in [0.1, 0.15) is 5.75 Å². The fourth-order valence-electron chi connectivity index (χ4n) is 2.63. The van der Waals surface area contributed by atoms with Crippen molar-refractivity contribution in [1.82, 2.24) is 25.0 Å². The van der Waals surface area contributed by atoms with Crippen molar-refractivity contribution < 1.29 is 14.6 Å². The number of esters is 1. The van der Waals surface area contributed by atoms with Crippen LogP contribution >= 0.6 is 0 Å². The van der Waals surface area contributed by atoms with Crippen LogP contribution < -0.4 is 15.4 Å². The van der Waals surface area contributed by atoms with Gasteiger partial charge in [0.25, 0.3) is 0 Å². The van der Waals surface area contributed by atoms with Crippen LogP contribution in [0.5, 0.6) is 5.75 Å². The van der Waals surface area contributed by atoms with Crippen LogP contribution in [0.15, 0.2) is 24.3 Å². The first-order valence-corrected chi connectivity index (χ1v) is 8.96. The predicted octanol–water partition coefficient (Wildman–Crippen LogP) is 1.48. The number of nitrogens with zero attached hydrogens (tertiary/aromatic N) is 5. The van der Waals surface area contributed by atoms with E-state index in [1.807, 2.05) is 19.1 Å². The minimum absolute atomic E-state index is 0.0206. The minimum atomic E-state index is -0.368. The van der Waals surface area contributed by atoms with Crippen molar-refractivity contribution in [2.24, 2.45) is 7.05 Å². The van der Waals surface area contributed by atoms with Crippen LogP contribution in [-0.4, -0.2) is 48.7 Å². The zero-order valence-electron chi connectivity index (χ0n) is 16.0. The highest BCUT2D eigenvalue weighted by Gasteiger charge is 2.15. The third-order valence-corrected chi connectivity index (χ3v) is 4.12. The Morgan fingerprint density at radius 2 is 2.18 bits per heavy atom. The Morgan fingerprint density at radius 1 is 1.36 bits per heavy atom. The van der Waals surface area contributed by atoms with Crippen LogP contribution in [0.1, 0.15) is 25.8 Å². The van der Waals surface area contributed by atoms with Gasteiger partial charge >= 0.3 is 5.97 Å². The lowest BCUT2D eigenvalue weighted by molar-refractivity contribution is -0.131. The summed E-state index contributed by atoms with van der Waals surface area (Å²) < 4.78 is 6.68. The minimum Gasteiger partial charge on any atom is -0.427 e. The van der Waals surface area contributed by atoms with E-state index in [4.69, 9.17) is 4.74 Å². The molecule has 0 bridgehead atoms. The van der Waals surface area contributed by atoms with E-state index in [9.17, 15) is 9.90 Å². The SMILES string of the molecule is CCC(CO)Nc1nc(NCc2cccc(OC(C)=O)c2)c2nnn(C)c2n1. The molecule has 0 saturated carbocycles. The largest absolute Gasteiger partial charge is 0.427 e. The van der Waals surface area contributed by atoms with Crippen molar-refractivity contribution in [3.63, 3.8) is 0 Å². The molecule has 10 heteroatoms. The molecule has 3 N–H and O–H groups in total. The Kier molecular flexibility index (Phi) is 5.99. The molecule has 1 unspecified atom stereocenters. The molecule has 0 saturated heterocycles. The molecular formula is C18H23N7O3. The quantitative estimate of drug-likeness (QED) is 0.390. The molecule has 0 spiro atoms. The van der Waals surface area contributed by atoms with Gasteiger partial charge in [-0.05, 0) is 24.1 Å². The Labute approximate surface area is 161 Å². The molecule has 0 amide bonds. The van der Waals surface area contributed by atoms with Crippen molar-refractivity contribution in [2.75, 3.05) is 17.2 Å². The lowest BCUT2D eigenvalue weighted by atomic mass is 10.2. The number of benzene rings is 1. The predicted molar refractivity (Wildman–Crippen MR) is 104 cm³/mol. The fourth-order valence-corrected chi connectivity index (χ4v) is 2.63. The molecule has 10 nitrogen and oxygen atoms in total. The van der Waals surface area contributed by atoms with E-state index >= 15 is 0 Å². The molecule has 1 atom stereocenters. The van der Waals surface area contributed by atoms with E-state index in [1.165, 1.54) is 6.92 Å². The first kappa shape index (κ1) is 19.5. The van der Waals surface area contributed by atoms with Gasteiger partial charge < -0.3 is 20.5 Å². The molecule has 0 aliphatic carbocycles. The number of aliphatic hydroxyl groups excluding tert-OH is 1. The zero-order chi connectivity index (χ0) is 20.1. The summed E-state index contributed by atoms with van der Waals surface area (Å²) >= 11 is 0. The maximum Gasteiger partial charge on any atom is 0.308 e. The zero-order valence-corrected chi connectivity index (χ0v) is 16.0. The van der Waals surface area contributed by atoms with Crippen LogP contribution in [0.3, 0.4) is 0 Å². The van der Waals surface area contributed by atoms with E-state index in [-0.39, 0.29) is 18.6 Å². The second-order valence-electron chi connectivity index (χ2n) is 6.31. The van der Waals surface area contributed by atoms with Crippen molar-refractivity contribution in [3.05, 3.63) is 29.8 Å². The number of aryl methyl sites for hydroxylation is 1. The van der Waals surface area contributed by atoms with Crippen LogP contribution in [0.25, 0.3) is 11.2 Å². The number of ether oxygens (including phenoxy) is 1. The first-order chi connectivity index (χ1) is 13.5. The molecule has 2 heterocycles. The molecule has 0 radical (unpaired) electrons. The Balaban J connectivity index is 1.84. The van der Waals surface area contributed by atoms with Crippen molar-refractivity contribution >= 4 is 28.9 Å². The van der Waals surface area contributed by atoms with Crippen molar-refractivity contribution in [1.29, 1.82) is 0 Å². The first-order valence-electron chi connectivity index (χ1n) is 8.96. The van der Waals surface area contributed by atoms with Gasteiger partial charge in [-0.25, -0.2) is 4.68 Å². The number of carbonyl (C=O) groups excluding carboxylic acids is 1. The maximum absolute atomic E-state index is 11.1. The number of aliphatic hydroxyl groups is 1. The molecule has 0 fully saturated rings. The number of rotatable bonds is 8. The summed E-state index contributed by atoms with van der Waals surface area (Å²) in [5.41, 5.74) is 2.02. The molecule has 1 aromatic carbocycles. The number of aromatic nitrogens is 5. The lowest BCUT2D eigenvalue weighted by Gasteiger charge is -2.15. The maximum atomic E-state index is 11.1. The Hall–Kier alpha value is -3.27. The number of fused-ring (bicyclic) bond motifs is 1. The van der Waals surface area contributed by atoms with Gasteiger partial charge in [0.15, 0.2) is 17.0 Å². The second kappa shape index (κ2) is 8.61. The van der Waals surface area contributed by atoms with Gasteiger partial charge in [0.05, 0.1) is 12.6 Å². The fraction of sp³-hybridized carbons (Fsp3) is 0.389. The summed E-state index contributed by atoms with van der Waals surface area (Å²) in [7, 11) is 1.75. The summed E-state index contributed by atoms with van der Waals surface area (Å²) in [5.74, 6) is 1.02. The van der Waals surface area contributed by atoms with E-state index in [0.717, 1.165) is 12.0 Å². The monoisotopic (exact) mass is 385 g/mol. The topological polar surface area (TPSA) is 127 Å².